The molecule has 1 saturated carbocycles. The molecule has 1 aliphatic rings. The standard InChI is InChI=1S/C21H32N2O2S/c1-5-20(16(2)11-13-18-9-7-6-8-10-18)23-21-15-19(14-12-17(21)3)26(24,25)22-4/h5,12,14-15,18,22-23H,2,6-11,13H2,1,3-4H3/b20-5+. The summed E-state index contributed by atoms with van der Waals surface area (Å²) in [5.74, 6) is 0.824. The fourth-order valence-corrected chi connectivity index (χ4v) is 4.28. The molecule has 0 unspecified atom stereocenters. The van der Waals surface area contributed by atoms with Gasteiger partial charge in [0.25, 0.3) is 0 Å². The molecule has 0 bridgehead atoms. The summed E-state index contributed by atoms with van der Waals surface area (Å²) < 4.78 is 26.5. The molecule has 5 heteroatoms. The summed E-state index contributed by atoms with van der Waals surface area (Å²) in [6.07, 6.45) is 11.0. The van der Waals surface area contributed by atoms with E-state index in [4.69, 9.17) is 0 Å². The fraction of sp³-hybridized carbons (Fsp3) is 0.524. The molecule has 1 aromatic rings. The third-order valence-corrected chi connectivity index (χ3v) is 6.72. The normalized spacial score (nSPS) is 16.5. The van der Waals surface area contributed by atoms with Gasteiger partial charge in [0.2, 0.25) is 10.0 Å². The summed E-state index contributed by atoms with van der Waals surface area (Å²) in [4.78, 5) is 0.261. The highest BCUT2D eigenvalue weighted by molar-refractivity contribution is 7.89. The minimum atomic E-state index is -3.46. The monoisotopic (exact) mass is 376 g/mol. The number of aryl methyl sites for hydroxylation is 1. The highest BCUT2D eigenvalue weighted by Gasteiger charge is 2.16. The van der Waals surface area contributed by atoms with Crippen LogP contribution in [-0.4, -0.2) is 15.5 Å². The molecular weight excluding hydrogens is 344 g/mol. The van der Waals surface area contributed by atoms with Gasteiger partial charge in [0.1, 0.15) is 0 Å². The molecule has 2 rings (SSSR count). The lowest BCUT2D eigenvalue weighted by atomic mass is 9.85. The number of hydrogen-bond donors (Lipinski definition) is 2. The van der Waals surface area contributed by atoms with Crippen LogP contribution >= 0.6 is 0 Å². The maximum absolute atomic E-state index is 12.1. The molecule has 0 saturated heterocycles. The lowest BCUT2D eigenvalue weighted by molar-refractivity contribution is 0.339. The molecule has 4 nitrogen and oxygen atoms in total. The second-order valence-electron chi connectivity index (χ2n) is 7.16. The summed E-state index contributed by atoms with van der Waals surface area (Å²) >= 11 is 0. The minimum absolute atomic E-state index is 0.261. The van der Waals surface area contributed by atoms with E-state index < -0.39 is 10.0 Å². The molecule has 26 heavy (non-hydrogen) atoms. The van der Waals surface area contributed by atoms with Crippen molar-refractivity contribution in [3.63, 3.8) is 0 Å². The molecule has 1 fully saturated rings. The Kier molecular flexibility index (Phi) is 7.47. The smallest absolute Gasteiger partial charge is 0.240 e. The van der Waals surface area contributed by atoms with Gasteiger partial charge < -0.3 is 5.32 Å². The number of nitrogens with one attached hydrogen (secondary N) is 2. The van der Waals surface area contributed by atoms with Crippen molar-refractivity contribution in [2.75, 3.05) is 12.4 Å². The van der Waals surface area contributed by atoms with Crippen LogP contribution in [0.2, 0.25) is 0 Å². The summed E-state index contributed by atoms with van der Waals surface area (Å²) in [5, 5.41) is 3.39. The van der Waals surface area contributed by atoms with Crippen LogP contribution in [-0.2, 0) is 10.0 Å². The predicted octanol–water partition coefficient (Wildman–Crippen LogP) is 5.14. The molecule has 0 heterocycles. The first-order valence-electron chi connectivity index (χ1n) is 9.53. The topological polar surface area (TPSA) is 58.2 Å². The summed E-state index contributed by atoms with van der Waals surface area (Å²) in [5.41, 5.74) is 3.86. The van der Waals surface area contributed by atoms with Crippen LogP contribution in [0.1, 0.15) is 57.4 Å². The second kappa shape index (κ2) is 9.38. The van der Waals surface area contributed by atoms with Crippen molar-refractivity contribution in [1.29, 1.82) is 0 Å². The Balaban J connectivity index is 2.07. The van der Waals surface area contributed by atoms with Crippen molar-refractivity contribution in [3.8, 4) is 0 Å². The van der Waals surface area contributed by atoms with Crippen molar-refractivity contribution >= 4 is 15.7 Å². The molecule has 0 radical (unpaired) electrons. The van der Waals surface area contributed by atoms with Crippen LogP contribution in [0.25, 0.3) is 0 Å². The zero-order chi connectivity index (χ0) is 19.2. The van der Waals surface area contributed by atoms with Gasteiger partial charge in [-0.15, -0.1) is 0 Å². The Bertz CT molecular complexity index is 760. The minimum Gasteiger partial charge on any atom is -0.355 e. The van der Waals surface area contributed by atoms with E-state index in [1.165, 1.54) is 45.6 Å². The van der Waals surface area contributed by atoms with Crippen LogP contribution in [0, 0.1) is 12.8 Å². The zero-order valence-electron chi connectivity index (χ0n) is 16.3. The number of anilines is 1. The van der Waals surface area contributed by atoms with Crippen molar-refractivity contribution in [2.45, 2.75) is 63.7 Å². The van der Waals surface area contributed by atoms with E-state index in [-0.39, 0.29) is 4.90 Å². The van der Waals surface area contributed by atoms with E-state index in [1.807, 2.05) is 26.0 Å². The third-order valence-electron chi connectivity index (χ3n) is 5.31. The van der Waals surface area contributed by atoms with E-state index in [9.17, 15) is 8.42 Å². The summed E-state index contributed by atoms with van der Waals surface area (Å²) in [7, 11) is -2.03. The highest BCUT2D eigenvalue weighted by atomic mass is 32.2. The van der Waals surface area contributed by atoms with Gasteiger partial charge in [-0.2, -0.15) is 0 Å². The molecule has 0 amide bonds. The first-order chi connectivity index (χ1) is 12.4. The number of rotatable bonds is 8. The Hall–Kier alpha value is -1.59. The van der Waals surface area contributed by atoms with Gasteiger partial charge in [0, 0.05) is 11.4 Å². The molecule has 1 aromatic carbocycles. The Morgan fingerprint density at radius 2 is 1.96 bits per heavy atom. The predicted molar refractivity (Wildman–Crippen MR) is 110 cm³/mol. The first-order valence-corrected chi connectivity index (χ1v) is 11.0. The van der Waals surface area contributed by atoms with Crippen LogP contribution in [0.15, 0.2) is 47.0 Å². The second-order valence-corrected chi connectivity index (χ2v) is 9.04. The van der Waals surface area contributed by atoms with Crippen molar-refractivity contribution < 1.29 is 8.42 Å². The molecule has 0 atom stereocenters. The SMILES string of the molecule is C=C(CCC1CCCCC1)/C(=C\C)Nc1cc(S(=O)(=O)NC)ccc1C. The van der Waals surface area contributed by atoms with Crippen LogP contribution in [0.3, 0.4) is 0 Å². The maximum Gasteiger partial charge on any atom is 0.240 e. The fourth-order valence-electron chi connectivity index (χ4n) is 3.52. The van der Waals surface area contributed by atoms with Crippen molar-refractivity contribution in [1.82, 2.24) is 4.72 Å². The highest BCUT2D eigenvalue weighted by Crippen LogP contribution is 2.30. The van der Waals surface area contributed by atoms with Gasteiger partial charge in [-0.1, -0.05) is 50.8 Å². The Morgan fingerprint density at radius 1 is 1.27 bits per heavy atom. The average molecular weight is 377 g/mol. The molecular formula is C21H32N2O2S. The molecule has 0 aromatic heterocycles. The van der Waals surface area contributed by atoms with E-state index in [1.54, 1.807) is 12.1 Å². The van der Waals surface area contributed by atoms with E-state index in [2.05, 4.69) is 16.6 Å². The van der Waals surface area contributed by atoms with E-state index in [0.29, 0.717) is 0 Å². The largest absolute Gasteiger partial charge is 0.355 e. The van der Waals surface area contributed by atoms with Gasteiger partial charge >= 0.3 is 0 Å². The average Bonchev–Trinajstić information content (AvgIpc) is 2.66. The van der Waals surface area contributed by atoms with Crippen molar-refractivity contribution in [2.24, 2.45) is 5.92 Å². The molecule has 2 N–H and O–H groups in total. The van der Waals surface area contributed by atoms with Gasteiger partial charge in [-0.3, -0.25) is 0 Å². The molecule has 1 aliphatic carbocycles. The van der Waals surface area contributed by atoms with Crippen LogP contribution in [0.4, 0.5) is 5.69 Å². The number of allylic oxidation sites excluding steroid dienone is 2. The van der Waals surface area contributed by atoms with Gasteiger partial charge in [0.05, 0.1) is 4.90 Å². The van der Waals surface area contributed by atoms with Crippen LogP contribution in [0.5, 0.6) is 0 Å². The van der Waals surface area contributed by atoms with Gasteiger partial charge in [0.15, 0.2) is 0 Å². The molecule has 0 aliphatic heterocycles. The number of hydrogen-bond acceptors (Lipinski definition) is 3. The number of sulfonamides is 1. The Labute approximate surface area is 158 Å². The Morgan fingerprint density at radius 3 is 2.58 bits per heavy atom. The first kappa shape index (κ1) is 20.7. The zero-order valence-corrected chi connectivity index (χ0v) is 17.1. The third kappa shape index (κ3) is 5.45. The van der Waals surface area contributed by atoms with Crippen molar-refractivity contribution in [3.05, 3.63) is 47.7 Å². The molecule has 144 valence electrons. The van der Waals surface area contributed by atoms with E-state index >= 15 is 0 Å². The number of benzene rings is 1. The van der Waals surface area contributed by atoms with Crippen LogP contribution < -0.4 is 10.0 Å². The van der Waals surface area contributed by atoms with Gasteiger partial charge in [-0.25, -0.2) is 13.1 Å². The summed E-state index contributed by atoms with van der Waals surface area (Å²) in [6, 6.07) is 5.13. The van der Waals surface area contributed by atoms with Gasteiger partial charge in [-0.05, 0) is 62.9 Å². The van der Waals surface area contributed by atoms with E-state index in [0.717, 1.165) is 34.9 Å². The maximum atomic E-state index is 12.1. The quantitative estimate of drug-likeness (QED) is 0.618. The summed E-state index contributed by atoms with van der Waals surface area (Å²) in [6.45, 7) is 8.21. The molecule has 0 spiro atoms. The lowest BCUT2D eigenvalue weighted by Gasteiger charge is -2.22. The lowest BCUT2D eigenvalue weighted by Crippen LogP contribution is -2.18.